The second kappa shape index (κ2) is 4.79. The zero-order valence-corrected chi connectivity index (χ0v) is 7.56. The third kappa shape index (κ3) is 2.69. The Kier molecular flexibility index (Phi) is 3.68. The average Bonchev–Trinajstić information content (AvgIpc) is 2.21. The first kappa shape index (κ1) is 11.5. The van der Waals surface area contributed by atoms with Crippen molar-refractivity contribution in [1.29, 1.82) is 0 Å². The van der Waals surface area contributed by atoms with Crippen molar-refractivity contribution < 1.29 is 23.1 Å². The molecule has 2 N–H and O–H groups in total. The number of aliphatic hydroxyl groups is 1. The van der Waals surface area contributed by atoms with Crippen molar-refractivity contribution in [2.24, 2.45) is 0 Å². The van der Waals surface area contributed by atoms with Crippen molar-refractivity contribution in [2.45, 2.75) is 0 Å². The third-order valence-electron chi connectivity index (χ3n) is 1.64. The van der Waals surface area contributed by atoms with Gasteiger partial charge in [-0.1, -0.05) is 0 Å². The van der Waals surface area contributed by atoms with Gasteiger partial charge in [0.15, 0.2) is 17.5 Å². The van der Waals surface area contributed by atoms with Crippen molar-refractivity contribution in [3.63, 3.8) is 0 Å². The zero-order valence-electron chi connectivity index (χ0n) is 7.56. The first-order valence-electron chi connectivity index (χ1n) is 4.10. The molecule has 0 aliphatic carbocycles. The summed E-state index contributed by atoms with van der Waals surface area (Å²) in [5.74, 6) is -5.25. The van der Waals surface area contributed by atoms with Gasteiger partial charge in [-0.3, -0.25) is 4.79 Å². The molecule has 0 saturated heterocycles. The van der Waals surface area contributed by atoms with Crippen LogP contribution in [0.3, 0.4) is 0 Å². The van der Waals surface area contributed by atoms with E-state index in [1.54, 1.807) is 0 Å². The minimum absolute atomic E-state index is 0.0422. The lowest BCUT2D eigenvalue weighted by Gasteiger charge is -2.04. The summed E-state index contributed by atoms with van der Waals surface area (Å²) < 4.78 is 37.9. The molecule has 1 amide bonds. The molecule has 0 unspecified atom stereocenters. The molecular formula is C9H8F3NO2. The Labute approximate surface area is 83.5 Å². The molecule has 6 heteroatoms. The van der Waals surface area contributed by atoms with E-state index in [0.717, 1.165) is 0 Å². The molecule has 0 radical (unpaired) electrons. The summed E-state index contributed by atoms with van der Waals surface area (Å²) in [6, 6.07) is 1.18. The highest BCUT2D eigenvalue weighted by atomic mass is 19.2. The molecule has 0 aromatic heterocycles. The number of amides is 1. The molecule has 3 nitrogen and oxygen atoms in total. The molecule has 0 bridgehead atoms. The molecule has 15 heavy (non-hydrogen) atoms. The zero-order chi connectivity index (χ0) is 11.4. The van der Waals surface area contributed by atoms with Crippen LogP contribution >= 0.6 is 0 Å². The van der Waals surface area contributed by atoms with Crippen molar-refractivity contribution >= 4 is 5.91 Å². The van der Waals surface area contributed by atoms with E-state index in [0.29, 0.717) is 12.1 Å². The average molecular weight is 219 g/mol. The standard InChI is InChI=1S/C9H8F3NO2/c10-6-3-5(4-7(11)8(6)12)9(15)13-1-2-14/h3-4,14H,1-2H2,(H,13,15). The Morgan fingerprint density at radius 3 is 2.27 bits per heavy atom. The quantitative estimate of drug-likeness (QED) is 0.739. The highest BCUT2D eigenvalue weighted by molar-refractivity contribution is 5.94. The number of halogens is 3. The number of carbonyl (C=O) groups is 1. The van der Waals surface area contributed by atoms with Crippen LogP contribution < -0.4 is 5.32 Å². The van der Waals surface area contributed by atoms with Crippen LogP contribution in [-0.4, -0.2) is 24.2 Å². The second-order valence-corrected chi connectivity index (χ2v) is 2.73. The van der Waals surface area contributed by atoms with Crippen molar-refractivity contribution in [3.05, 3.63) is 35.1 Å². The summed E-state index contributed by atoms with van der Waals surface area (Å²) in [7, 11) is 0. The topological polar surface area (TPSA) is 49.3 Å². The number of carbonyl (C=O) groups excluding carboxylic acids is 1. The van der Waals surface area contributed by atoms with Gasteiger partial charge < -0.3 is 10.4 Å². The highest BCUT2D eigenvalue weighted by Crippen LogP contribution is 2.13. The van der Waals surface area contributed by atoms with Gasteiger partial charge in [0, 0.05) is 12.1 Å². The summed E-state index contributed by atoms with van der Waals surface area (Å²) in [6.07, 6.45) is 0. The molecule has 0 saturated carbocycles. The lowest BCUT2D eigenvalue weighted by Crippen LogP contribution is -2.26. The molecule has 0 fully saturated rings. The van der Waals surface area contributed by atoms with Gasteiger partial charge in [-0.25, -0.2) is 13.2 Å². The molecule has 1 aromatic rings. The van der Waals surface area contributed by atoms with Gasteiger partial charge >= 0.3 is 0 Å². The summed E-state index contributed by atoms with van der Waals surface area (Å²) in [5.41, 5.74) is -0.333. The Morgan fingerprint density at radius 2 is 1.80 bits per heavy atom. The number of nitrogens with one attached hydrogen (secondary N) is 1. The van der Waals surface area contributed by atoms with E-state index in [9.17, 15) is 18.0 Å². The van der Waals surface area contributed by atoms with E-state index in [-0.39, 0.29) is 18.7 Å². The van der Waals surface area contributed by atoms with Crippen LogP contribution in [0.1, 0.15) is 10.4 Å². The summed E-state index contributed by atoms with van der Waals surface area (Å²) in [4.78, 5) is 11.1. The number of benzene rings is 1. The SMILES string of the molecule is O=C(NCCO)c1cc(F)c(F)c(F)c1. The first-order chi connectivity index (χ1) is 7.06. The lowest BCUT2D eigenvalue weighted by molar-refractivity contribution is 0.0943. The van der Waals surface area contributed by atoms with Crippen LogP contribution in [0.5, 0.6) is 0 Å². The predicted octanol–water partition coefficient (Wildman–Crippen LogP) is 0.826. The maximum absolute atomic E-state index is 12.7. The number of hydrogen-bond acceptors (Lipinski definition) is 2. The van der Waals surface area contributed by atoms with Crippen LogP contribution in [0.15, 0.2) is 12.1 Å². The monoisotopic (exact) mass is 219 g/mol. The van der Waals surface area contributed by atoms with Gasteiger partial charge in [0.2, 0.25) is 0 Å². The normalized spacial score (nSPS) is 10.1. The Bertz CT molecular complexity index is 359. The van der Waals surface area contributed by atoms with Gasteiger partial charge in [-0.15, -0.1) is 0 Å². The summed E-state index contributed by atoms with van der Waals surface area (Å²) in [5, 5.41) is 10.6. The van der Waals surface area contributed by atoms with Gasteiger partial charge in [-0.05, 0) is 12.1 Å². The number of hydrogen-bond donors (Lipinski definition) is 2. The Balaban J connectivity index is 2.91. The molecule has 1 rings (SSSR count). The third-order valence-corrected chi connectivity index (χ3v) is 1.64. The van der Waals surface area contributed by atoms with Crippen LogP contribution in [0.25, 0.3) is 0 Å². The van der Waals surface area contributed by atoms with Crippen LogP contribution in [-0.2, 0) is 0 Å². The van der Waals surface area contributed by atoms with Crippen molar-refractivity contribution in [2.75, 3.05) is 13.2 Å². The van der Waals surface area contributed by atoms with E-state index < -0.39 is 23.4 Å². The smallest absolute Gasteiger partial charge is 0.251 e. The fourth-order valence-electron chi connectivity index (χ4n) is 0.958. The molecule has 0 spiro atoms. The molecule has 0 heterocycles. The Hall–Kier alpha value is -1.56. The van der Waals surface area contributed by atoms with Crippen molar-refractivity contribution in [1.82, 2.24) is 5.32 Å². The van der Waals surface area contributed by atoms with E-state index >= 15 is 0 Å². The highest BCUT2D eigenvalue weighted by Gasteiger charge is 2.14. The van der Waals surface area contributed by atoms with Crippen LogP contribution in [0.2, 0.25) is 0 Å². The van der Waals surface area contributed by atoms with Gasteiger partial charge in [-0.2, -0.15) is 0 Å². The molecule has 82 valence electrons. The Morgan fingerprint density at radius 1 is 1.27 bits per heavy atom. The molecule has 1 aromatic carbocycles. The van der Waals surface area contributed by atoms with Gasteiger partial charge in [0.1, 0.15) is 0 Å². The molecule has 0 atom stereocenters. The van der Waals surface area contributed by atoms with E-state index in [1.165, 1.54) is 0 Å². The van der Waals surface area contributed by atoms with Crippen molar-refractivity contribution in [3.8, 4) is 0 Å². The summed E-state index contributed by atoms with van der Waals surface area (Å²) in [6.45, 7) is -0.336. The number of rotatable bonds is 3. The van der Waals surface area contributed by atoms with Crippen LogP contribution in [0, 0.1) is 17.5 Å². The minimum Gasteiger partial charge on any atom is -0.395 e. The number of aliphatic hydroxyl groups excluding tert-OH is 1. The largest absolute Gasteiger partial charge is 0.395 e. The fourth-order valence-corrected chi connectivity index (χ4v) is 0.958. The molecule has 0 aliphatic heterocycles. The molecule has 0 aliphatic rings. The molecular weight excluding hydrogens is 211 g/mol. The van der Waals surface area contributed by atoms with E-state index in [1.807, 2.05) is 0 Å². The van der Waals surface area contributed by atoms with Gasteiger partial charge in [0.05, 0.1) is 6.61 Å². The lowest BCUT2D eigenvalue weighted by atomic mass is 10.2. The van der Waals surface area contributed by atoms with E-state index in [4.69, 9.17) is 5.11 Å². The predicted molar refractivity (Wildman–Crippen MR) is 45.7 cm³/mol. The fraction of sp³-hybridized carbons (Fsp3) is 0.222. The van der Waals surface area contributed by atoms with Crippen LogP contribution in [0.4, 0.5) is 13.2 Å². The minimum atomic E-state index is -1.62. The maximum Gasteiger partial charge on any atom is 0.251 e. The van der Waals surface area contributed by atoms with Gasteiger partial charge in [0.25, 0.3) is 5.91 Å². The first-order valence-corrected chi connectivity index (χ1v) is 4.10. The maximum atomic E-state index is 12.7. The second-order valence-electron chi connectivity index (χ2n) is 2.73. The van der Waals surface area contributed by atoms with E-state index in [2.05, 4.69) is 5.32 Å². The summed E-state index contributed by atoms with van der Waals surface area (Å²) >= 11 is 0.